The summed E-state index contributed by atoms with van der Waals surface area (Å²) < 4.78 is 5.42. The number of anilines is 3. The van der Waals surface area contributed by atoms with Gasteiger partial charge in [0.1, 0.15) is 0 Å². The Kier molecular flexibility index (Phi) is 9.46. The first kappa shape index (κ1) is 26.0. The summed E-state index contributed by atoms with van der Waals surface area (Å²) in [7, 11) is 3.75. The molecule has 1 heterocycles. The Labute approximate surface area is 208 Å². The van der Waals surface area contributed by atoms with Crippen molar-refractivity contribution >= 4 is 34.6 Å². The van der Waals surface area contributed by atoms with Gasteiger partial charge in [-0.15, -0.1) is 0 Å². The van der Waals surface area contributed by atoms with Crippen molar-refractivity contribution in [2.75, 3.05) is 55.9 Å². The van der Waals surface area contributed by atoms with Gasteiger partial charge in [0.05, 0.1) is 25.0 Å². The van der Waals surface area contributed by atoms with Crippen molar-refractivity contribution in [2.45, 2.75) is 19.9 Å². The highest BCUT2D eigenvalue weighted by Gasteiger charge is 2.15. The maximum absolute atomic E-state index is 12.3. The zero-order chi connectivity index (χ0) is 25.2. The number of carbonyl (C=O) groups excluding carboxylic acids is 1. The van der Waals surface area contributed by atoms with Crippen LogP contribution in [0.4, 0.5) is 17.1 Å². The molecule has 1 unspecified atom stereocenters. The smallest absolute Gasteiger partial charge is 0.241 e. The quantitative estimate of drug-likeness (QED) is 0.305. The number of ether oxygens (including phenoxy) is 1. The van der Waals surface area contributed by atoms with E-state index < -0.39 is 0 Å². The highest BCUT2D eigenvalue weighted by molar-refractivity contribution is 5.97. The van der Waals surface area contributed by atoms with Gasteiger partial charge in [-0.1, -0.05) is 24.3 Å². The zero-order valence-corrected chi connectivity index (χ0v) is 21.0. The number of morpholine rings is 1. The SMILES string of the molecule is C/C=C\C=C(/N=C(N)Nc1ccc(N2CCOCC2)cc1)c1ccc(NC(=O)C(C)N(C)C)cc1. The number of nitrogens with zero attached hydrogens (tertiary/aromatic N) is 3. The summed E-state index contributed by atoms with van der Waals surface area (Å²) in [4.78, 5) is 21.1. The number of hydrogen-bond donors (Lipinski definition) is 3. The molecule has 1 saturated heterocycles. The van der Waals surface area contributed by atoms with E-state index in [1.165, 1.54) is 0 Å². The summed E-state index contributed by atoms with van der Waals surface area (Å²) in [6, 6.07) is 15.5. The fourth-order valence-corrected chi connectivity index (χ4v) is 3.47. The van der Waals surface area contributed by atoms with E-state index in [-0.39, 0.29) is 17.9 Å². The number of likely N-dealkylation sites (N-methyl/N-ethyl adjacent to an activating group) is 1. The fourth-order valence-electron chi connectivity index (χ4n) is 3.47. The number of benzene rings is 2. The third-order valence-corrected chi connectivity index (χ3v) is 5.81. The first-order valence-corrected chi connectivity index (χ1v) is 11.8. The van der Waals surface area contributed by atoms with Gasteiger partial charge in [0.15, 0.2) is 5.96 Å². The molecule has 0 spiro atoms. The Hall–Kier alpha value is -3.62. The van der Waals surface area contributed by atoms with E-state index in [2.05, 4.69) is 32.7 Å². The van der Waals surface area contributed by atoms with E-state index in [0.717, 1.165) is 48.9 Å². The normalized spacial score (nSPS) is 16.0. The van der Waals surface area contributed by atoms with Crippen molar-refractivity contribution in [1.82, 2.24) is 4.90 Å². The topological polar surface area (TPSA) is 95.2 Å². The third-order valence-electron chi connectivity index (χ3n) is 5.81. The van der Waals surface area contributed by atoms with E-state index in [9.17, 15) is 4.79 Å². The molecular weight excluding hydrogens is 440 g/mol. The molecule has 1 aliphatic rings. The minimum atomic E-state index is -0.224. The Morgan fingerprint density at radius 2 is 1.66 bits per heavy atom. The fraction of sp³-hybridized carbons (Fsp3) is 0.333. The Morgan fingerprint density at radius 3 is 2.26 bits per heavy atom. The van der Waals surface area contributed by atoms with Crippen LogP contribution < -0.4 is 21.3 Å². The summed E-state index contributed by atoms with van der Waals surface area (Å²) in [5.74, 6) is 0.232. The first-order valence-electron chi connectivity index (χ1n) is 11.8. The number of rotatable bonds is 8. The molecule has 1 amide bonds. The van der Waals surface area contributed by atoms with Gasteiger partial charge in [-0.3, -0.25) is 9.69 Å². The molecule has 3 rings (SSSR count). The molecule has 0 aliphatic carbocycles. The maximum atomic E-state index is 12.3. The van der Waals surface area contributed by atoms with Crippen LogP contribution >= 0.6 is 0 Å². The number of amides is 1. The minimum absolute atomic E-state index is 0.0569. The summed E-state index contributed by atoms with van der Waals surface area (Å²) in [6.45, 7) is 7.11. The largest absolute Gasteiger partial charge is 0.378 e. The number of carbonyl (C=O) groups is 1. The van der Waals surface area contributed by atoms with Crippen LogP contribution in [-0.4, -0.2) is 63.2 Å². The molecule has 0 aromatic heterocycles. The third kappa shape index (κ3) is 7.70. The van der Waals surface area contributed by atoms with E-state index in [1.807, 2.05) is 87.5 Å². The van der Waals surface area contributed by atoms with Gasteiger partial charge < -0.3 is 26.0 Å². The second-order valence-corrected chi connectivity index (χ2v) is 8.55. The molecule has 4 N–H and O–H groups in total. The lowest BCUT2D eigenvalue weighted by atomic mass is 10.1. The number of aliphatic imine (C=N–C) groups is 1. The van der Waals surface area contributed by atoms with Crippen LogP contribution in [0.5, 0.6) is 0 Å². The number of nitrogens with two attached hydrogens (primary N) is 1. The number of guanidine groups is 1. The second kappa shape index (κ2) is 12.7. The molecule has 1 aliphatic heterocycles. The lowest BCUT2D eigenvalue weighted by Gasteiger charge is -2.28. The van der Waals surface area contributed by atoms with Gasteiger partial charge in [0.25, 0.3) is 0 Å². The van der Waals surface area contributed by atoms with Crippen LogP contribution in [-0.2, 0) is 9.53 Å². The summed E-state index contributed by atoms with van der Waals surface area (Å²) in [6.07, 6.45) is 5.75. The average molecular weight is 477 g/mol. The van der Waals surface area contributed by atoms with Crippen LogP contribution in [0.1, 0.15) is 19.4 Å². The highest BCUT2D eigenvalue weighted by Crippen LogP contribution is 2.21. The maximum Gasteiger partial charge on any atom is 0.241 e. The molecule has 2 aromatic rings. The lowest BCUT2D eigenvalue weighted by Crippen LogP contribution is -2.37. The van der Waals surface area contributed by atoms with Gasteiger partial charge in [-0.05, 0) is 70.4 Å². The molecule has 0 radical (unpaired) electrons. The van der Waals surface area contributed by atoms with E-state index in [1.54, 1.807) is 0 Å². The monoisotopic (exact) mass is 476 g/mol. The minimum Gasteiger partial charge on any atom is -0.378 e. The number of nitrogens with one attached hydrogen (secondary N) is 2. The molecular formula is C27H36N6O2. The predicted octanol–water partition coefficient (Wildman–Crippen LogP) is 3.76. The van der Waals surface area contributed by atoms with Crippen molar-refractivity contribution in [2.24, 2.45) is 10.7 Å². The van der Waals surface area contributed by atoms with Gasteiger partial charge >= 0.3 is 0 Å². The predicted molar refractivity (Wildman–Crippen MR) is 146 cm³/mol. The average Bonchev–Trinajstić information content (AvgIpc) is 2.87. The summed E-state index contributed by atoms with van der Waals surface area (Å²) in [5, 5.41) is 6.10. The molecule has 0 bridgehead atoms. The molecule has 8 nitrogen and oxygen atoms in total. The molecule has 0 saturated carbocycles. The highest BCUT2D eigenvalue weighted by atomic mass is 16.5. The van der Waals surface area contributed by atoms with Crippen molar-refractivity contribution in [3.8, 4) is 0 Å². The zero-order valence-electron chi connectivity index (χ0n) is 21.0. The van der Waals surface area contributed by atoms with Crippen molar-refractivity contribution in [1.29, 1.82) is 0 Å². The molecule has 35 heavy (non-hydrogen) atoms. The standard InChI is InChI=1S/C27H36N6O2/c1-5-6-7-25(21-8-10-22(11-9-21)29-26(34)20(2)32(3)4)31-27(28)30-23-12-14-24(15-13-23)33-16-18-35-19-17-33/h5-15,20H,16-19H2,1-4H3,(H,29,34)(H3,28,30,31)/b6-5-,25-7-. The second-order valence-electron chi connectivity index (χ2n) is 8.55. The van der Waals surface area contributed by atoms with Crippen LogP contribution in [0.3, 0.4) is 0 Å². The Balaban J connectivity index is 1.69. The first-order chi connectivity index (χ1) is 16.9. The molecule has 2 aromatic carbocycles. The number of hydrogen-bond acceptors (Lipinski definition) is 5. The van der Waals surface area contributed by atoms with E-state index in [0.29, 0.717) is 5.70 Å². The van der Waals surface area contributed by atoms with Crippen LogP contribution in [0.25, 0.3) is 5.70 Å². The van der Waals surface area contributed by atoms with E-state index in [4.69, 9.17) is 10.5 Å². The summed E-state index contributed by atoms with van der Waals surface area (Å²) >= 11 is 0. The van der Waals surface area contributed by atoms with Crippen molar-refractivity contribution < 1.29 is 9.53 Å². The molecule has 8 heteroatoms. The molecule has 1 fully saturated rings. The van der Waals surface area contributed by atoms with Gasteiger partial charge in [-0.2, -0.15) is 0 Å². The van der Waals surface area contributed by atoms with Crippen LogP contribution in [0.2, 0.25) is 0 Å². The van der Waals surface area contributed by atoms with Crippen molar-refractivity contribution in [3.05, 3.63) is 72.3 Å². The van der Waals surface area contributed by atoms with Crippen LogP contribution in [0.15, 0.2) is 71.8 Å². The Bertz CT molecular complexity index is 1050. The lowest BCUT2D eigenvalue weighted by molar-refractivity contribution is -0.119. The van der Waals surface area contributed by atoms with Gasteiger partial charge in [0, 0.05) is 35.7 Å². The number of allylic oxidation sites excluding steroid dienone is 3. The van der Waals surface area contributed by atoms with Crippen LogP contribution in [0, 0.1) is 0 Å². The molecule has 186 valence electrons. The Morgan fingerprint density at radius 1 is 1.06 bits per heavy atom. The van der Waals surface area contributed by atoms with E-state index >= 15 is 0 Å². The van der Waals surface area contributed by atoms with Crippen molar-refractivity contribution in [3.63, 3.8) is 0 Å². The molecule has 1 atom stereocenters. The van der Waals surface area contributed by atoms with Gasteiger partial charge in [0.2, 0.25) is 5.91 Å². The van der Waals surface area contributed by atoms with Gasteiger partial charge in [-0.25, -0.2) is 4.99 Å². The summed E-state index contributed by atoms with van der Waals surface area (Å²) in [5.41, 5.74) is 10.6.